The molecule has 0 saturated heterocycles. The van der Waals surface area contributed by atoms with E-state index in [-0.39, 0.29) is 16.6 Å². The molecule has 0 aliphatic rings. The van der Waals surface area contributed by atoms with Crippen LogP contribution in [-0.4, -0.2) is 38.5 Å². The van der Waals surface area contributed by atoms with Crippen molar-refractivity contribution in [2.24, 2.45) is 5.41 Å². The van der Waals surface area contributed by atoms with Crippen molar-refractivity contribution >= 4 is 22.7 Å². The zero-order valence-electron chi connectivity index (χ0n) is 17.1. The topological polar surface area (TPSA) is 65.2 Å². The van der Waals surface area contributed by atoms with E-state index >= 15 is 0 Å². The summed E-state index contributed by atoms with van der Waals surface area (Å²) in [6.45, 7) is 12.6. The number of fused-ring (bicyclic) bond motifs is 1. The van der Waals surface area contributed by atoms with Gasteiger partial charge in [0, 0.05) is 28.6 Å². The Kier molecular flexibility index (Phi) is 5.02. The van der Waals surface area contributed by atoms with E-state index in [0.717, 1.165) is 28.3 Å². The number of ether oxygens (including phenoxy) is 1. The first-order valence-corrected chi connectivity index (χ1v) is 9.68. The molecular weight excluding hydrogens is 356 g/mol. The predicted octanol–water partition coefficient (Wildman–Crippen LogP) is 2.99. The maximum Gasteiger partial charge on any atom is 0.216 e. The molecule has 3 rings (SSSR count). The molecule has 0 aliphatic carbocycles. The van der Waals surface area contributed by atoms with Gasteiger partial charge in [-0.25, -0.2) is 4.98 Å². The quantitative estimate of drug-likeness (QED) is 0.512. The standard InChI is InChI=1S/C19H27BN5OP/c1-11-7-13(8-22-16(11)26-12(2)18(3,4)5)14-10-25-15(9-21-14)23-24-17(25)19(6,20)27/h7-10,12H,20,27H2,1-6H3. The fourth-order valence-electron chi connectivity index (χ4n) is 2.56. The number of rotatable bonds is 4. The van der Waals surface area contributed by atoms with Crippen molar-refractivity contribution in [3.63, 3.8) is 0 Å². The summed E-state index contributed by atoms with van der Waals surface area (Å²) in [5, 5.41) is 8.33. The van der Waals surface area contributed by atoms with Crippen molar-refractivity contribution in [3.8, 4) is 17.1 Å². The Balaban J connectivity index is 1.96. The molecule has 0 N–H and O–H groups in total. The Morgan fingerprint density at radius 1 is 1.15 bits per heavy atom. The van der Waals surface area contributed by atoms with Crippen molar-refractivity contribution in [2.75, 3.05) is 0 Å². The molecule has 0 radical (unpaired) electrons. The summed E-state index contributed by atoms with van der Waals surface area (Å²) in [5.74, 6) is 1.54. The Morgan fingerprint density at radius 2 is 1.85 bits per heavy atom. The molecular formula is C19H27BN5OP. The van der Waals surface area contributed by atoms with Crippen LogP contribution in [0.1, 0.15) is 46.0 Å². The minimum Gasteiger partial charge on any atom is -0.474 e. The van der Waals surface area contributed by atoms with Crippen LogP contribution in [0.3, 0.4) is 0 Å². The second kappa shape index (κ2) is 6.86. The van der Waals surface area contributed by atoms with Gasteiger partial charge in [0.15, 0.2) is 5.65 Å². The van der Waals surface area contributed by atoms with Crippen LogP contribution in [0.4, 0.5) is 0 Å². The average molecular weight is 383 g/mol. The summed E-state index contributed by atoms with van der Waals surface area (Å²) in [5.41, 5.74) is 3.53. The predicted molar refractivity (Wildman–Crippen MR) is 114 cm³/mol. The molecule has 0 saturated carbocycles. The zero-order valence-corrected chi connectivity index (χ0v) is 18.3. The third kappa shape index (κ3) is 4.13. The van der Waals surface area contributed by atoms with Crippen molar-refractivity contribution < 1.29 is 4.74 Å². The molecule has 0 bridgehead atoms. The first-order chi connectivity index (χ1) is 12.5. The highest BCUT2D eigenvalue weighted by Crippen LogP contribution is 2.29. The van der Waals surface area contributed by atoms with Crippen molar-refractivity contribution in [3.05, 3.63) is 36.0 Å². The van der Waals surface area contributed by atoms with Gasteiger partial charge in [0.1, 0.15) is 19.8 Å². The molecule has 3 aromatic heterocycles. The van der Waals surface area contributed by atoms with Crippen LogP contribution in [0.15, 0.2) is 24.7 Å². The molecule has 3 unspecified atom stereocenters. The maximum atomic E-state index is 6.06. The van der Waals surface area contributed by atoms with Crippen LogP contribution in [0.2, 0.25) is 0 Å². The molecule has 0 aromatic carbocycles. The molecule has 0 aliphatic heterocycles. The second-order valence-electron chi connectivity index (χ2n) is 8.72. The average Bonchev–Trinajstić information content (AvgIpc) is 2.99. The van der Waals surface area contributed by atoms with E-state index in [1.807, 2.05) is 23.7 Å². The highest BCUT2D eigenvalue weighted by molar-refractivity contribution is 7.21. The summed E-state index contributed by atoms with van der Waals surface area (Å²) in [7, 11) is 4.89. The Hall–Kier alpha value is -2.01. The lowest BCUT2D eigenvalue weighted by Crippen LogP contribution is -2.29. The van der Waals surface area contributed by atoms with Gasteiger partial charge in [0.05, 0.1) is 11.9 Å². The van der Waals surface area contributed by atoms with Gasteiger partial charge in [0.2, 0.25) is 5.88 Å². The van der Waals surface area contributed by atoms with Crippen LogP contribution in [0.5, 0.6) is 5.88 Å². The Labute approximate surface area is 163 Å². The van der Waals surface area contributed by atoms with E-state index in [1.165, 1.54) is 0 Å². The number of aryl methyl sites for hydroxylation is 1. The number of hydrogen-bond acceptors (Lipinski definition) is 5. The van der Waals surface area contributed by atoms with Gasteiger partial charge in [-0.15, -0.1) is 19.4 Å². The minimum absolute atomic E-state index is 0.0508. The lowest BCUT2D eigenvalue weighted by molar-refractivity contribution is 0.0977. The van der Waals surface area contributed by atoms with Gasteiger partial charge < -0.3 is 4.74 Å². The van der Waals surface area contributed by atoms with E-state index in [0.29, 0.717) is 5.88 Å². The summed E-state index contributed by atoms with van der Waals surface area (Å²) < 4.78 is 8.05. The molecule has 0 fully saturated rings. The normalized spacial score (nSPS) is 15.5. The van der Waals surface area contributed by atoms with E-state index in [2.05, 4.69) is 77.9 Å². The highest BCUT2D eigenvalue weighted by Gasteiger charge is 2.23. The van der Waals surface area contributed by atoms with Crippen LogP contribution in [0.25, 0.3) is 16.9 Å². The monoisotopic (exact) mass is 383 g/mol. The molecule has 3 aromatic rings. The van der Waals surface area contributed by atoms with Crippen LogP contribution in [-0.2, 0) is 5.06 Å². The van der Waals surface area contributed by atoms with Crippen LogP contribution in [0, 0.1) is 12.3 Å². The molecule has 0 spiro atoms. The molecule has 8 heteroatoms. The molecule has 6 nitrogen and oxygen atoms in total. The van der Waals surface area contributed by atoms with E-state index in [9.17, 15) is 0 Å². The van der Waals surface area contributed by atoms with Gasteiger partial charge in [-0.05, 0) is 25.3 Å². The van der Waals surface area contributed by atoms with Gasteiger partial charge in [0.25, 0.3) is 0 Å². The number of hydrogen-bond donors (Lipinski definition) is 0. The molecule has 0 amide bonds. The van der Waals surface area contributed by atoms with Gasteiger partial charge in [-0.1, -0.05) is 27.7 Å². The third-order valence-electron chi connectivity index (χ3n) is 4.70. The van der Waals surface area contributed by atoms with Gasteiger partial charge >= 0.3 is 0 Å². The number of aromatic nitrogens is 5. The Bertz CT molecular complexity index is 974. The lowest BCUT2D eigenvalue weighted by atomic mass is 9.87. The maximum absolute atomic E-state index is 6.06. The molecule has 3 heterocycles. The lowest BCUT2D eigenvalue weighted by Gasteiger charge is -2.27. The highest BCUT2D eigenvalue weighted by atomic mass is 31.0. The second-order valence-corrected chi connectivity index (χ2v) is 10.2. The number of pyridine rings is 1. The third-order valence-corrected chi connectivity index (χ3v) is 4.96. The minimum atomic E-state index is -0.188. The van der Waals surface area contributed by atoms with Crippen molar-refractivity contribution in [2.45, 2.75) is 52.7 Å². The summed E-state index contributed by atoms with van der Waals surface area (Å²) in [6, 6.07) is 2.06. The largest absolute Gasteiger partial charge is 0.474 e. The van der Waals surface area contributed by atoms with Crippen molar-refractivity contribution in [1.29, 1.82) is 0 Å². The first-order valence-electron chi connectivity index (χ1n) is 9.10. The summed E-state index contributed by atoms with van der Waals surface area (Å²) in [4.78, 5) is 9.07. The van der Waals surface area contributed by atoms with Crippen LogP contribution < -0.4 is 4.74 Å². The van der Waals surface area contributed by atoms with E-state index in [1.54, 1.807) is 6.20 Å². The van der Waals surface area contributed by atoms with Gasteiger partial charge in [-0.3, -0.25) is 9.38 Å². The van der Waals surface area contributed by atoms with E-state index in [4.69, 9.17) is 4.74 Å². The fraction of sp³-hybridized carbons (Fsp3) is 0.474. The SMILES string of the molecule is BC(C)(P)c1nnc2cnc(-c3cnc(OC(C)C(C)(C)C)c(C)c3)cn12. The number of nitrogens with zero attached hydrogens (tertiary/aromatic N) is 5. The Morgan fingerprint density at radius 3 is 2.44 bits per heavy atom. The van der Waals surface area contributed by atoms with Gasteiger partial charge in [-0.2, -0.15) is 0 Å². The van der Waals surface area contributed by atoms with Crippen molar-refractivity contribution in [1.82, 2.24) is 24.6 Å². The molecule has 27 heavy (non-hydrogen) atoms. The smallest absolute Gasteiger partial charge is 0.216 e. The molecule has 3 atom stereocenters. The first kappa shape index (κ1) is 19.7. The molecule has 142 valence electrons. The zero-order chi connectivity index (χ0) is 20.0. The van der Waals surface area contributed by atoms with Crippen LogP contribution >= 0.6 is 9.24 Å². The summed E-state index contributed by atoms with van der Waals surface area (Å²) in [6.07, 6.45) is 5.57. The fourth-order valence-corrected chi connectivity index (χ4v) is 2.76. The summed E-state index contributed by atoms with van der Waals surface area (Å²) >= 11 is 0. The van der Waals surface area contributed by atoms with E-state index < -0.39 is 0 Å².